The third-order valence-corrected chi connectivity index (χ3v) is 7.87. The molecule has 32 heavy (non-hydrogen) atoms. The summed E-state index contributed by atoms with van der Waals surface area (Å²) in [4.78, 5) is 0. The second-order valence-electron chi connectivity index (χ2n) is 9.82. The normalized spacial score (nSPS) is 34.0. The van der Waals surface area contributed by atoms with Crippen molar-refractivity contribution in [3.05, 3.63) is 41.5 Å². The Balaban J connectivity index is 1.24. The van der Waals surface area contributed by atoms with Crippen molar-refractivity contribution < 1.29 is 23.0 Å². The standard InChI is InChI=1S/C27H38F2O3/c1-3-5-18-16-31-27(32-17-18)22-12-8-20(9-13-22)19-6-10-21(11-7-19)23-14-15-24(30-4-2)26(29)25(23)28/h3,5,14-15,18-22,27H,4,6-13,16-17H2,1-2H3. The van der Waals surface area contributed by atoms with E-state index in [0.717, 1.165) is 44.8 Å². The third-order valence-electron chi connectivity index (χ3n) is 7.87. The van der Waals surface area contributed by atoms with Gasteiger partial charge in [-0.2, -0.15) is 4.39 Å². The summed E-state index contributed by atoms with van der Waals surface area (Å²) in [7, 11) is 0. The smallest absolute Gasteiger partial charge is 0.200 e. The maximum Gasteiger partial charge on any atom is 0.200 e. The van der Waals surface area contributed by atoms with Crippen LogP contribution in [0.1, 0.15) is 76.7 Å². The zero-order valence-electron chi connectivity index (χ0n) is 19.5. The molecule has 2 aliphatic carbocycles. The number of rotatable bonds is 6. The van der Waals surface area contributed by atoms with Crippen LogP contribution >= 0.6 is 0 Å². The SMILES string of the molecule is CC=CC1COC(C2CCC(C3CCC(c4ccc(OCC)c(F)c4F)CC3)CC2)OC1. The fraction of sp³-hybridized carbons (Fsp3) is 0.704. The quantitative estimate of drug-likeness (QED) is 0.438. The Morgan fingerprint density at radius 3 is 2.06 bits per heavy atom. The molecule has 0 aromatic heterocycles. The van der Waals surface area contributed by atoms with Crippen molar-refractivity contribution in [2.75, 3.05) is 19.8 Å². The van der Waals surface area contributed by atoms with Crippen LogP contribution in [-0.2, 0) is 9.47 Å². The minimum atomic E-state index is -0.839. The molecule has 0 unspecified atom stereocenters. The van der Waals surface area contributed by atoms with Crippen LogP contribution in [0.2, 0.25) is 0 Å². The number of halogens is 2. The number of hydrogen-bond acceptors (Lipinski definition) is 3. The van der Waals surface area contributed by atoms with Crippen LogP contribution < -0.4 is 4.74 Å². The molecule has 178 valence electrons. The largest absolute Gasteiger partial charge is 0.491 e. The predicted molar refractivity (Wildman–Crippen MR) is 122 cm³/mol. The monoisotopic (exact) mass is 448 g/mol. The minimum Gasteiger partial charge on any atom is -0.491 e. The molecular formula is C27H38F2O3. The lowest BCUT2D eigenvalue weighted by atomic mass is 9.68. The maximum atomic E-state index is 14.6. The summed E-state index contributed by atoms with van der Waals surface area (Å²) in [5, 5.41) is 0. The molecule has 0 N–H and O–H groups in total. The first kappa shape index (κ1) is 23.7. The summed E-state index contributed by atoms with van der Waals surface area (Å²) in [6.07, 6.45) is 13.1. The van der Waals surface area contributed by atoms with Gasteiger partial charge in [0.05, 0.1) is 19.8 Å². The van der Waals surface area contributed by atoms with Crippen LogP contribution in [0, 0.1) is 35.3 Å². The van der Waals surface area contributed by atoms with E-state index < -0.39 is 11.6 Å². The van der Waals surface area contributed by atoms with Crippen LogP contribution in [0.25, 0.3) is 0 Å². The molecule has 5 heteroatoms. The van der Waals surface area contributed by atoms with E-state index in [1.807, 2.05) is 6.92 Å². The zero-order chi connectivity index (χ0) is 22.5. The average Bonchev–Trinajstić information content (AvgIpc) is 2.83. The van der Waals surface area contributed by atoms with E-state index in [0.29, 0.717) is 29.9 Å². The molecule has 0 amide bonds. The first-order valence-corrected chi connectivity index (χ1v) is 12.6. The van der Waals surface area contributed by atoms with Crippen molar-refractivity contribution in [1.29, 1.82) is 0 Å². The summed E-state index contributed by atoms with van der Waals surface area (Å²) in [5.41, 5.74) is 0.524. The van der Waals surface area contributed by atoms with E-state index >= 15 is 0 Å². The second-order valence-corrected chi connectivity index (χ2v) is 9.82. The van der Waals surface area contributed by atoms with Crippen LogP contribution in [0.3, 0.4) is 0 Å². The van der Waals surface area contributed by atoms with E-state index in [2.05, 4.69) is 12.2 Å². The van der Waals surface area contributed by atoms with Gasteiger partial charge >= 0.3 is 0 Å². The molecule has 4 rings (SSSR count). The summed E-state index contributed by atoms with van der Waals surface area (Å²) < 4.78 is 46.2. The summed E-state index contributed by atoms with van der Waals surface area (Å²) in [6, 6.07) is 3.31. The molecule has 0 radical (unpaired) electrons. The van der Waals surface area contributed by atoms with Crippen LogP contribution in [0.15, 0.2) is 24.3 Å². The highest BCUT2D eigenvalue weighted by atomic mass is 19.2. The Morgan fingerprint density at radius 1 is 0.875 bits per heavy atom. The molecule has 1 aromatic carbocycles. The van der Waals surface area contributed by atoms with E-state index in [1.165, 1.54) is 25.7 Å². The van der Waals surface area contributed by atoms with Gasteiger partial charge in [0, 0.05) is 11.8 Å². The van der Waals surface area contributed by atoms with Gasteiger partial charge in [-0.05, 0) is 94.6 Å². The van der Waals surface area contributed by atoms with Gasteiger partial charge in [0.2, 0.25) is 5.82 Å². The number of allylic oxidation sites excluding steroid dienone is 1. The Bertz CT molecular complexity index is 756. The molecule has 3 fully saturated rings. The number of hydrogen-bond donors (Lipinski definition) is 0. The Morgan fingerprint density at radius 2 is 1.47 bits per heavy atom. The van der Waals surface area contributed by atoms with Crippen molar-refractivity contribution in [2.45, 2.75) is 77.4 Å². The molecule has 3 aliphatic rings. The van der Waals surface area contributed by atoms with Gasteiger partial charge in [-0.15, -0.1) is 0 Å². The van der Waals surface area contributed by atoms with Crippen molar-refractivity contribution in [2.24, 2.45) is 23.7 Å². The molecule has 1 heterocycles. The highest BCUT2D eigenvalue weighted by molar-refractivity contribution is 5.33. The van der Waals surface area contributed by atoms with Crippen molar-refractivity contribution in [3.63, 3.8) is 0 Å². The molecule has 2 saturated carbocycles. The topological polar surface area (TPSA) is 27.7 Å². The highest BCUT2D eigenvalue weighted by Gasteiger charge is 2.36. The fourth-order valence-corrected chi connectivity index (χ4v) is 6.11. The Hall–Kier alpha value is -1.46. The molecule has 1 saturated heterocycles. The van der Waals surface area contributed by atoms with Gasteiger partial charge in [0.1, 0.15) is 0 Å². The molecule has 1 aliphatic heterocycles. The maximum absolute atomic E-state index is 14.6. The van der Waals surface area contributed by atoms with E-state index in [-0.39, 0.29) is 18.0 Å². The lowest BCUT2D eigenvalue weighted by Crippen LogP contribution is -2.38. The minimum absolute atomic E-state index is 0.0162. The summed E-state index contributed by atoms with van der Waals surface area (Å²) in [5.74, 6) is 0.914. The summed E-state index contributed by atoms with van der Waals surface area (Å²) >= 11 is 0. The molecular weight excluding hydrogens is 410 g/mol. The average molecular weight is 449 g/mol. The predicted octanol–water partition coefficient (Wildman–Crippen LogP) is 7.01. The van der Waals surface area contributed by atoms with Gasteiger partial charge < -0.3 is 14.2 Å². The fourth-order valence-electron chi connectivity index (χ4n) is 6.11. The first-order chi connectivity index (χ1) is 15.6. The third kappa shape index (κ3) is 5.36. The van der Waals surface area contributed by atoms with Crippen molar-refractivity contribution >= 4 is 0 Å². The van der Waals surface area contributed by atoms with E-state index in [1.54, 1.807) is 19.1 Å². The number of ether oxygens (including phenoxy) is 3. The molecule has 3 nitrogen and oxygen atoms in total. The second kappa shape index (κ2) is 11.1. The first-order valence-electron chi connectivity index (χ1n) is 12.6. The van der Waals surface area contributed by atoms with E-state index in [9.17, 15) is 8.78 Å². The molecule has 0 atom stereocenters. The molecule has 0 bridgehead atoms. The van der Waals surface area contributed by atoms with Crippen LogP contribution in [0.5, 0.6) is 5.75 Å². The lowest BCUT2D eigenvalue weighted by molar-refractivity contribution is -0.223. The number of benzene rings is 1. The van der Waals surface area contributed by atoms with Crippen molar-refractivity contribution in [3.8, 4) is 5.75 Å². The van der Waals surface area contributed by atoms with Gasteiger partial charge in [0.25, 0.3) is 0 Å². The van der Waals surface area contributed by atoms with E-state index in [4.69, 9.17) is 14.2 Å². The zero-order valence-corrected chi connectivity index (χ0v) is 19.5. The lowest BCUT2D eigenvalue weighted by Gasteiger charge is -2.41. The van der Waals surface area contributed by atoms with Crippen LogP contribution in [-0.4, -0.2) is 26.1 Å². The molecule has 0 spiro atoms. The van der Waals surface area contributed by atoms with Gasteiger partial charge in [0.15, 0.2) is 17.9 Å². The van der Waals surface area contributed by atoms with Gasteiger partial charge in [-0.3, -0.25) is 0 Å². The van der Waals surface area contributed by atoms with Crippen molar-refractivity contribution in [1.82, 2.24) is 0 Å². The summed E-state index contributed by atoms with van der Waals surface area (Å²) in [6.45, 7) is 5.67. The molecule has 1 aromatic rings. The Labute approximate surface area is 191 Å². The van der Waals surface area contributed by atoms with Gasteiger partial charge in [-0.1, -0.05) is 18.2 Å². The Kier molecular flexibility index (Phi) is 8.22. The highest BCUT2D eigenvalue weighted by Crippen LogP contribution is 2.45. The van der Waals surface area contributed by atoms with Gasteiger partial charge in [-0.25, -0.2) is 4.39 Å². The van der Waals surface area contributed by atoms with Crippen LogP contribution in [0.4, 0.5) is 8.78 Å².